The second-order valence-corrected chi connectivity index (χ2v) is 8.62. The van der Waals surface area contributed by atoms with Gasteiger partial charge in [0, 0.05) is 22.5 Å². The van der Waals surface area contributed by atoms with Gasteiger partial charge in [0.15, 0.2) is 5.75 Å². The molecule has 0 unspecified atom stereocenters. The molecule has 0 aliphatic carbocycles. The van der Waals surface area contributed by atoms with Crippen LogP contribution in [0.2, 0.25) is 0 Å². The Labute approximate surface area is 208 Å². The van der Waals surface area contributed by atoms with Gasteiger partial charge in [-0.2, -0.15) is 9.78 Å². The van der Waals surface area contributed by atoms with Crippen molar-refractivity contribution in [2.75, 3.05) is 0 Å². The number of nitro groups is 1. The topological polar surface area (TPSA) is 99.6 Å². The summed E-state index contributed by atoms with van der Waals surface area (Å²) in [6.45, 7) is 2.02. The van der Waals surface area contributed by atoms with Crippen molar-refractivity contribution in [3.8, 4) is 5.75 Å². The molecule has 0 bridgehead atoms. The normalized spacial score (nSPS) is 11.3. The molecule has 178 valence electrons. The van der Waals surface area contributed by atoms with Gasteiger partial charge in [0.25, 0.3) is 5.56 Å². The molecular formula is C25H20BrFN4O4. The molecule has 0 fully saturated rings. The van der Waals surface area contributed by atoms with E-state index in [1.807, 2.05) is 13.0 Å². The van der Waals surface area contributed by atoms with Gasteiger partial charge < -0.3 is 4.74 Å². The van der Waals surface area contributed by atoms with Crippen LogP contribution in [0.1, 0.15) is 30.3 Å². The average Bonchev–Trinajstić information content (AvgIpc) is 2.84. The standard InChI is InChI=1S/C25H20BrFN4O4/c1-2-3-24-29-21-10-7-18(26)13-20(21)25(32)30(24)28-14-17-6-11-23(22(12-17)31(33)34)35-15-16-4-8-19(27)9-5-16/h4-14H,2-3,15H2,1H3. The third-order valence-corrected chi connectivity index (χ3v) is 5.65. The molecule has 8 nitrogen and oxygen atoms in total. The van der Waals surface area contributed by atoms with Crippen LogP contribution in [0.5, 0.6) is 5.75 Å². The van der Waals surface area contributed by atoms with Gasteiger partial charge in [0.1, 0.15) is 18.2 Å². The van der Waals surface area contributed by atoms with Crippen molar-refractivity contribution in [2.24, 2.45) is 5.10 Å². The Hall–Kier alpha value is -3.92. The van der Waals surface area contributed by atoms with E-state index >= 15 is 0 Å². The van der Waals surface area contributed by atoms with E-state index in [0.717, 1.165) is 10.9 Å². The minimum atomic E-state index is -0.554. The first-order valence-electron chi connectivity index (χ1n) is 10.8. The Morgan fingerprint density at radius 2 is 1.94 bits per heavy atom. The van der Waals surface area contributed by atoms with Crippen molar-refractivity contribution in [1.82, 2.24) is 9.66 Å². The van der Waals surface area contributed by atoms with Crippen LogP contribution in [0.15, 0.2) is 75.0 Å². The molecule has 0 aliphatic heterocycles. The van der Waals surface area contributed by atoms with Crippen molar-refractivity contribution in [1.29, 1.82) is 0 Å². The molecule has 0 N–H and O–H groups in total. The summed E-state index contributed by atoms with van der Waals surface area (Å²) < 4.78 is 20.6. The fourth-order valence-electron chi connectivity index (χ4n) is 3.44. The summed E-state index contributed by atoms with van der Waals surface area (Å²) in [6, 6.07) is 15.3. The maximum atomic E-state index is 13.1. The Morgan fingerprint density at radius 3 is 2.66 bits per heavy atom. The second-order valence-electron chi connectivity index (χ2n) is 7.70. The first-order valence-corrected chi connectivity index (χ1v) is 11.6. The average molecular weight is 539 g/mol. The van der Waals surface area contributed by atoms with Gasteiger partial charge >= 0.3 is 5.69 Å². The Balaban J connectivity index is 1.65. The number of ether oxygens (including phenoxy) is 1. The highest BCUT2D eigenvalue weighted by Gasteiger charge is 2.16. The molecule has 0 atom stereocenters. The van der Waals surface area contributed by atoms with Crippen LogP contribution in [-0.4, -0.2) is 20.8 Å². The monoisotopic (exact) mass is 538 g/mol. The highest BCUT2D eigenvalue weighted by atomic mass is 79.9. The molecule has 0 saturated carbocycles. The van der Waals surface area contributed by atoms with E-state index in [2.05, 4.69) is 26.0 Å². The quantitative estimate of drug-likeness (QED) is 0.164. The van der Waals surface area contributed by atoms with Gasteiger partial charge in [-0.05, 0) is 54.4 Å². The molecule has 0 aliphatic rings. The lowest BCUT2D eigenvalue weighted by Crippen LogP contribution is -2.22. The van der Waals surface area contributed by atoms with Gasteiger partial charge in [0.2, 0.25) is 0 Å². The molecule has 3 aromatic carbocycles. The summed E-state index contributed by atoms with van der Waals surface area (Å²) in [4.78, 5) is 28.8. The highest BCUT2D eigenvalue weighted by molar-refractivity contribution is 9.10. The number of aromatic nitrogens is 2. The van der Waals surface area contributed by atoms with Crippen molar-refractivity contribution < 1.29 is 14.1 Å². The minimum absolute atomic E-state index is 0.0443. The first kappa shape index (κ1) is 24.2. The van der Waals surface area contributed by atoms with Crippen LogP contribution in [0, 0.1) is 15.9 Å². The summed E-state index contributed by atoms with van der Waals surface area (Å²) in [5, 5.41) is 16.4. The van der Waals surface area contributed by atoms with Crippen LogP contribution in [-0.2, 0) is 13.0 Å². The van der Waals surface area contributed by atoms with Crippen LogP contribution < -0.4 is 10.3 Å². The van der Waals surface area contributed by atoms with Gasteiger partial charge in [-0.15, -0.1) is 0 Å². The number of halogens is 2. The summed E-state index contributed by atoms with van der Waals surface area (Å²) in [6.07, 6.45) is 2.67. The molecular weight excluding hydrogens is 519 g/mol. The number of nitrogens with zero attached hydrogens (tertiary/aromatic N) is 4. The van der Waals surface area contributed by atoms with E-state index in [9.17, 15) is 19.3 Å². The van der Waals surface area contributed by atoms with E-state index in [1.54, 1.807) is 30.3 Å². The zero-order chi connectivity index (χ0) is 24.9. The number of hydrogen-bond acceptors (Lipinski definition) is 6. The fourth-order valence-corrected chi connectivity index (χ4v) is 3.81. The predicted octanol–water partition coefficient (Wildman–Crippen LogP) is 5.62. The number of rotatable bonds is 8. The van der Waals surface area contributed by atoms with E-state index in [4.69, 9.17) is 4.74 Å². The minimum Gasteiger partial charge on any atom is -0.482 e. The number of aryl methyl sites for hydroxylation is 1. The molecule has 0 radical (unpaired) electrons. The molecule has 1 heterocycles. The lowest BCUT2D eigenvalue weighted by molar-refractivity contribution is -0.385. The third-order valence-electron chi connectivity index (χ3n) is 5.16. The molecule has 0 amide bonds. The van der Waals surface area contributed by atoms with Crippen LogP contribution in [0.25, 0.3) is 10.9 Å². The third kappa shape index (κ3) is 5.60. The molecule has 10 heteroatoms. The van der Waals surface area contributed by atoms with Crippen molar-refractivity contribution >= 4 is 38.7 Å². The van der Waals surface area contributed by atoms with Crippen molar-refractivity contribution in [2.45, 2.75) is 26.4 Å². The Bertz CT molecular complexity index is 1490. The lowest BCUT2D eigenvalue weighted by Gasteiger charge is -2.09. The van der Waals surface area contributed by atoms with Crippen LogP contribution >= 0.6 is 15.9 Å². The van der Waals surface area contributed by atoms with Crippen LogP contribution in [0.4, 0.5) is 10.1 Å². The molecule has 0 saturated heterocycles. The van der Waals surface area contributed by atoms with Gasteiger partial charge in [0.05, 0.1) is 22.0 Å². The molecule has 4 aromatic rings. The van der Waals surface area contributed by atoms with Crippen molar-refractivity contribution in [3.05, 3.63) is 108 Å². The predicted molar refractivity (Wildman–Crippen MR) is 135 cm³/mol. The molecule has 0 spiro atoms. The molecule has 4 rings (SSSR count). The zero-order valence-electron chi connectivity index (χ0n) is 18.6. The fraction of sp³-hybridized carbons (Fsp3) is 0.160. The first-order chi connectivity index (χ1) is 16.9. The van der Waals surface area contributed by atoms with E-state index in [-0.39, 0.29) is 29.4 Å². The van der Waals surface area contributed by atoms with Gasteiger partial charge in [-0.25, -0.2) is 9.37 Å². The van der Waals surface area contributed by atoms with Crippen LogP contribution in [0.3, 0.4) is 0 Å². The summed E-state index contributed by atoms with van der Waals surface area (Å²) in [5.74, 6) is 0.189. The smallest absolute Gasteiger partial charge is 0.311 e. The summed E-state index contributed by atoms with van der Waals surface area (Å²) in [7, 11) is 0. The van der Waals surface area contributed by atoms with E-state index in [0.29, 0.717) is 34.3 Å². The number of hydrogen-bond donors (Lipinski definition) is 0. The summed E-state index contributed by atoms with van der Waals surface area (Å²) >= 11 is 3.37. The molecule has 1 aromatic heterocycles. The highest BCUT2D eigenvalue weighted by Crippen LogP contribution is 2.28. The van der Waals surface area contributed by atoms with E-state index < -0.39 is 4.92 Å². The van der Waals surface area contributed by atoms with E-state index in [1.165, 1.54) is 35.2 Å². The SMILES string of the molecule is CCCc1nc2ccc(Br)cc2c(=O)n1N=Cc1ccc(OCc2ccc(F)cc2)c([N+](=O)[O-])c1. The van der Waals surface area contributed by atoms with Gasteiger partial charge in [-0.3, -0.25) is 14.9 Å². The zero-order valence-corrected chi connectivity index (χ0v) is 20.2. The van der Waals surface area contributed by atoms with Gasteiger partial charge in [-0.1, -0.05) is 35.0 Å². The maximum absolute atomic E-state index is 13.1. The second kappa shape index (κ2) is 10.6. The van der Waals surface area contributed by atoms with Crippen molar-refractivity contribution in [3.63, 3.8) is 0 Å². The Kier molecular flexibility index (Phi) is 7.31. The lowest BCUT2D eigenvalue weighted by atomic mass is 10.2. The number of benzene rings is 3. The number of fused-ring (bicyclic) bond motifs is 1. The maximum Gasteiger partial charge on any atom is 0.311 e. The molecule has 35 heavy (non-hydrogen) atoms. The largest absolute Gasteiger partial charge is 0.482 e. The number of nitro benzene ring substituents is 1. The summed E-state index contributed by atoms with van der Waals surface area (Å²) in [5.41, 5.74) is 1.08. The Morgan fingerprint density at radius 1 is 1.17 bits per heavy atom.